The molecule has 1 rings (SSSR count). The molecule has 1 aliphatic rings. The van der Waals surface area contributed by atoms with Gasteiger partial charge in [-0.05, 0) is 20.8 Å². The Morgan fingerprint density at radius 1 is 1.33 bits per heavy atom. The summed E-state index contributed by atoms with van der Waals surface area (Å²) in [6, 6.07) is 0. The zero-order chi connectivity index (χ0) is 13.8. The van der Waals surface area contributed by atoms with Crippen molar-refractivity contribution in [1.29, 1.82) is 0 Å². The van der Waals surface area contributed by atoms with Crippen LogP contribution in [0.3, 0.4) is 0 Å². The molecule has 7 heteroatoms. The average molecular weight is 293 g/mol. The molecule has 0 saturated carbocycles. The third-order valence-corrected chi connectivity index (χ3v) is 6.43. The molecule has 0 unspecified atom stereocenters. The van der Waals surface area contributed by atoms with Gasteiger partial charge < -0.3 is 10.6 Å². The van der Waals surface area contributed by atoms with Crippen LogP contribution >= 0.6 is 11.8 Å². The largest absolute Gasteiger partial charge is 0.370 e. The predicted molar refractivity (Wildman–Crippen MR) is 78.9 cm³/mol. The number of nitrogens with zero attached hydrogens (tertiary/aromatic N) is 2. The zero-order valence-corrected chi connectivity index (χ0v) is 13.0. The minimum atomic E-state index is -3.11. The van der Waals surface area contributed by atoms with E-state index in [1.807, 2.05) is 16.7 Å². The van der Waals surface area contributed by atoms with Gasteiger partial charge in [-0.25, -0.2) is 8.42 Å². The number of rotatable bonds is 3. The zero-order valence-electron chi connectivity index (χ0n) is 11.3. The highest BCUT2D eigenvalue weighted by molar-refractivity contribution is 7.99. The Labute approximate surface area is 114 Å². The van der Waals surface area contributed by atoms with Gasteiger partial charge in [0.2, 0.25) is 0 Å². The van der Waals surface area contributed by atoms with Crippen molar-refractivity contribution >= 4 is 27.6 Å². The number of hydrogen-bond donors (Lipinski definition) is 1. The van der Waals surface area contributed by atoms with Crippen molar-refractivity contribution in [1.82, 2.24) is 4.90 Å². The molecule has 0 aliphatic carbocycles. The Morgan fingerprint density at radius 2 is 1.89 bits per heavy atom. The first-order valence-electron chi connectivity index (χ1n) is 6.09. The van der Waals surface area contributed by atoms with Crippen LogP contribution in [0.1, 0.15) is 20.8 Å². The van der Waals surface area contributed by atoms with E-state index in [1.54, 1.807) is 20.8 Å². The van der Waals surface area contributed by atoms with Gasteiger partial charge in [0.1, 0.15) is 0 Å². The van der Waals surface area contributed by atoms with Gasteiger partial charge in [0, 0.05) is 24.6 Å². The summed E-state index contributed by atoms with van der Waals surface area (Å²) in [6.45, 7) is 7.15. The molecule has 5 nitrogen and oxygen atoms in total. The van der Waals surface area contributed by atoms with E-state index in [-0.39, 0.29) is 12.3 Å². The number of guanidine groups is 1. The first-order chi connectivity index (χ1) is 8.24. The first kappa shape index (κ1) is 15.6. The summed E-state index contributed by atoms with van der Waals surface area (Å²) in [6.07, 6.45) is 0. The van der Waals surface area contributed by atoms with E-state index in [2.05, 4.69) is 4.99 Å². The third-order valence-electron chi connectivity index (χ3n) is 2.90. The topological polar surface area (TPSA) is 75.8 Å². The van der Waals surface area contributed by atoms with Gasteiger partial charge in [-0.15, -0.1) is 0 Å². The van der Waals surface area contributed by atoms with Crippen LogP contribution in [0, 0.1) is 0 Å². The molecular weight excluding hydrogens is 270 g/mol. The highest BCUT2D eigenvalue weighted by Crippen LogP contribution is 2.15. The Bertz CT molecular complexity index is 393. The second-order valence-corrected chi connectivity index (χ2v) is 9.36. The molecule has 0 aromatic heterocycles. The van der Waals surface area contributed by atoms with Crippen LogP contribution in [0.4, 0.5) is 0 Å². The molecule has 0 bridgehead atoms. The monoisotopic (exact) mass is 293 g/mol. The summed E-state index contributed by atoms with van der Waals surface area (Å²) in [5.41, 5.74) is 5.86. The second kappa shape index (κ2) is 6.14. The Morgan fingerprint density at radius 3 is 2.39 bits per heavy atom. The van der Waals surface area contributed by atoms with Gasteiger partial charge in [-0.2, -0.15) is 11.8 Å². The molecule has 0 spiro atoms. The number of aliphatic imine (C=N–C) groups is 1. The van der Waals surface area contributed by atoms with Crippen LogP contribution in [-0.4, -0.2) is 60.9 Å². The molecule has 1 saturated heterocycles. The molecule has 18 heavy (non-hydrogen) atoms. The summed E-state index contributed by atoms with van der Waals surface area (Å²) in [7, 11) is -3.11. The summed E-state index contributed by atoms with van der Waals surface area (Å²) in [5, 5.41) is 0. The van der Waals surface area contributed by atoms with Gasteiger partial charge in [0.15, 0.2) is 15.8 Å². The summed E-state index contributed by atoms with van der Waals surface area (Å²) < 4.78 is 23.0. The Kier molecular flexibility index (Phi) is 5.33. The van der Waals surface area contributed by atoms with Gasteiger partial charge in [-0.3, -0.25) is 4.99 Å². The smallest absolute Gasteiger partial charge is 0.191 e. The lowest BCUT2D eigenvalue weighted by molar-refractivity contribution is 0.456. The van der Waals surface area contributed by atoms with Gasteiger partial charge in [-0.1, -0.05) is 0 Å². The maximum absolute atomic E-state index is 11.9. The number of nitrogens with two attached hydrogens (primary N) is 1. The molecular formula is C11H23N3O2S2. The van der Waals surface area contributed by atoms with Crippen molar-refractivity contribution in [2.75, 3.05) is 36.9 Å². The predicted octanol–water partition coefficient (Wildman–Crippen LogP) is 0.563. The number of thioether (sulfide) groups is 1. The van der Waals surface area contributed by atoms with Crippen molar-refractivity contribution in [2.45, 2.75) is 25.5 Å². The molecule has 106 valence electrons. The summed E-state index contributed by atoms with van der Waals surface area (Å²) in [4.78, 5) is 6.19. The van der Waals surface area contributed by atoms with E-state index in [1.165, 1.54) is 0 Å². The molecule has 1 fully saturated rings. The van der Waals surface area contributed by atoms with E-state index in [0.29, 0.717) is 5.96 Å². The second-order valence-electron chi connectivity index (χ2n) is 5.27. The van der Waals surface area contributed by atoms with Crippen LogP contribution in [0.25, 0.3) is 0 Å². The van der Waals surface area contributed by atoms with E-state index < -0.39 is 14.6 Å². The maximum Gasteiger partial charge on any atom is 0.191 e. The van der Waals surface area contributed by atoms with E-state index in [4.69, 9.17) is 5.73 Å². The number of sulfone groups is 1. The van der Waals surface area contributed by atoms with Crippen LogP contribution in [0.15, 0.2) is 4.99 Å². The fourth-order valence-electron chi connectivity index (χ4n) is 1.48. The van der Waals surface area contributed by atoms with Crippen LogP contribution in [0.5, 0.6) is 0 Å². The molecule has 0 amide bonds. The minimum Gasteiger partial charge on any atom is -0.370 e. The highest BCUT2D eigenvalue weighted by Gasteiger charge is 2.28. The fraction of sp³-hybridized carbons (Fsp3) is 0.909. The average Bonchev–Trinajstić information content (AvgIpc) is 2.28. The van der Waals surface area contributed by atoms with Gasteiger partial charge in [0.05, 0.1) is 17.0 Å². The van der Waals surface area contributed by atoms with Crippen molar-refractivity contribution in [3.05, 3.63) is 0 Å². The number of hydrogen-bond acceptors (Lipinski definition) is 4. The van der Waals surface area contributed by atoms with Crippen molar-refractivity contribution < 1.29 is 8.42 Å². The van der Waals surface area contributed by atoms with Crippen molar-refractivity contribution in [3.8, 4) is 0 Å². The van der Waals surface area contributed by atoms with Crippen LogP contribution in [0.2, 0.25) is 0 Å². The van der Waals surface area contributed by atoms with Crippen molar-refractivity contribution in [3.63, 3.8) is 0 Å². The maximum atomic E-state index is 11.9. The van der Waals surface area contributed by atoms with E-state index in [0.717, 1.165) is 24.6 Å². The Balaban J connectivity index is 2.49. The highest BCUT2D eigenvalue weighted by atomic mass is 32.2. The quantitative estimate of drug-likeness (QED) is 0.608. The SMILES string of the molecule is CC(C)(C)S(=O)(=O)CCN=C(N)N1CCSCC1. The summed E-state index contributed by atoms with van der Waals surface area (Å²) >= 11 is 1.90. The van der Waals surface area contributed by atoms with Crippen LogP contribution in [-0.2, 0) is 9.84 Å². The fourth-order valence-corrected chi connectivity index (χ4v) is 3.33. The Hall–Kier alpha value is -0.430. The van der Waals surface area contributed by atoms with E-state index >= 15 is 0 Å². The molecule has 1 heterocycles. The third kappa shape index (κ3) is 4.35. The van der Waals surface area contributed by atoms with Gasteiger partial charge in [0.25, 0.3) is 0 Å². The van der Waals surface area contributed by atoms with Crippen molar-refractivity contribution in [2.24, 2.45) is 10.7 Å². The standard InChI is InChI=1S/C11H23N3O2S2/c1-11(2,3)18(15,16)9-4-13-10(12)14-5-7-17-8-6-14/h4-9H2,1-3H3,(H2,12,13). The lowest BCUT2D eigenvalue weighted by Crippen LogP contribution is -2.43. The molecule has 2 N–H and O–H groups in total. The van der Waals surface area contributed by atoms with Gasteiger partial charge >= 0.3 is 0 Å². The minimum absolute atomic E-state index is 0.0553. The molecule has 0 radical (unpaired) electrons. The molecule has 1 aliphatic heterocycles. The molecule has 0 atom stereocenters. The first-order valence-corrected chi connectivity index (χ1v) is 8.90. The van der Waals surface area contributed by atoms with E-state index in [9.17, 15) is 8.42 Å². The lowest BCUT2D eigenvalue weighted by atomic mass is 10.3. The normalized spacial score (nSPS) is 19.1. The van der Waals surface area contributed by atoms with Crippen LogP contribution < -0.4 is 5.73 Å². The molecule has 0 aromatic carbocycles. The summed E-state index contributed by atoms with van der Waals surface area (Å²) in [5.74, 6) is 2.63. The lowest BCUT2D eigenvalue weighted by Gasteiger charge is -2.27. The molecule has 0 aromatic rings.